The molecule has 0 aliphatic rings. The number of nitrogens with zero attached hydrogens (tertiary/aromatic N) is 3. The van der Waals surface area contributed by atoms with Gasteiger partial charge in [0.1, 0.15) is 21.9 Å². The average Bonchev–Trinajstić information content (AvgIpc) is 3.38. The van der Waals surface area contributed by atoms with Gasteiger partial charge in [-0.3, -0.25) is 13.9 Å². The summed E-state index contributed by atoms with van der Waals surface area (Å²) in [7, 11) is -1.13. The van der Waals surface area contributed by atoms with E-state index < -0.39 is 15.9 Å². The molecule has 1 aromatic carbocycles. The van der Waals surface area contributed by atoms with Crippen molar-refractivity contribution in [2.24, 2.45) is 14.1 Å². The molecule has 156 valence electrons. The van der Waals surface area contributed by atoms with Crippen LogP contribution in [0.25, 0.3) is 22.3 Å². The number of amides is 1. The molecule has 0 aliphatic carbocycles. The topological polar surface area (TPSA) is 116 Å². The summed E-state index contributed by atoms with van der Waals surface area (Å²) in [4.78, 5) is 24.9. The number of carbonyl (C=O) groups is 1. The molecule has 4 aromatic rings. The van der Waals surface area contributed by atoms with Crippen LogP contribution in [0.5, 0.6) is 0 Å². The number of fused-ring (bicyclic) bond motifs is 1. The zero-order valence-electron chi connectivity index (χ0n) is 16.0. The summed E-state index contributed by atoms with van der Waals surface area (Å²) in [6.07, 6.45) is 0. The first-order valence-electron chi connectivity index (χ1n) is 8.52. The van der Waals surface area contributed by atoms with Crippen LogP contribution in [-0.4, -0.2) is 28.6 Å². The summed E-state index contributed by atoms with van der Waals surface area (Å²) >= 11 is 4.65. The van der Waals surface area contributed by atoms with Crippen LogP contribution in [-0.2, 0) is 24.1 Å². The van der Waals surface area contributed by atoms with Crippen LogP contribution in [0.2, 0.25) is 0 Å². The first kappa shape index (κ1) is 20.6. The maximum absolute atomic E-state index is 13.0. The number of thiophene rings is 1. The van der Waals surface area contributed by atoms with Crippen molar-refractivity contribution in [1.82, 2.24) is 19.0 Å². The number of hydrogen-bond donors (Lipinski definition) is 1. The van der Waals surface area contributed by atoms with Crippen LogP contribution in [0.3, 0.4) is 0 Å². The van der Waals surface area contributed by atoms with Crippen LogP contribution in [0.15, 0.2) is 47.6 Å². The van der Waals surface area contributed by atoms with Gasteiger partial charge in [0.2, 0.25) is 0 Å². The Morgan fingerprint density at radius 2 is 1.90 bits per heavy atom. The average molecular weight is 511 g/mol. The van der Waals surface area contributed by atoms with E-state index in [9.17, 15) is 18.0 Å². The van der Waals surface area contributed by atoms with Gasteiger partial charge in [-0.05, 0) is 46.4 Å². The van der Waals surface area contributed by atoms with E-state index in [1.165, 1.54) is 39.5 Å². The monoisotopic (exact) mass is 510 g/mol. The smallest absolute Gasteiger partial charge is 0.328 e. The fourth-order valence-electron chi connectivity index (χ4n) is 3.17. The van der Waals surface area contributed by atoms with E-state index in [0.717, 1.165) is 0 Å². The van der Waals surface area contributed by atoms with Crippen LogP contribution in [0.4, 0.5) is 0 Å². The molecule has 12 heteroatoms. The molecule has 4 rings (SSSR count). The molecule has 30 heavy (non-hydrogen) atoms. The summed E-state index contributed by atoms with van der Waals surface area (Å²) in [5.74, 6) is -0.659. The molecule has 3 aromatic heterocycles. The first-order chi connectivity index (χ1) is 14.1. The van der Waals surface area contributed by atoms with E-state index >= 15 is 0 Å². The predicted molar refractivity (Wildman–Crippen MR) is 115 cm³/mol. The third-order valence-corrected chi connectivity index (χ3v) is 7.70. The van der Waals surface area contributed by atoms with Gasteiger partial charge in [0.25, 0.3) is 15.9 Å². The van der Waals surface area contributed by atoms with Crippen molar-refractivity contribution in [1.29, 1.82) is 0 Å². The van der Waals surface area contributed by atoms with Gasteiger partial charge in [0, 0.05) is 29.5 Å². The molecule has 0 saturated heterocycles. The maximum atomic E-state index is 13.0. The van der Waals surface area contributed by atoms with Crippen LogP contribution < -0.4 is 10.4 Å². The Labute approximate surface area is 183 Å². The minimum atomic E-state index is -4.27. The largest absolute Gasteiger partial charge is 0.360 e. The summed E-state index contributed by atoms with van der Waals surface area (Å²) in [6, 6.07) is 4.63. The Bertz CT molecular complexity index is 1460. The summed E-state index contributed by atoms with van der Waals surface area (Å²) < 4.78 is 36.2. The van der Waals surface area contributed by atoms with E-state index in [0.29, 0.717) is 16.6 Å². The highest BCUT2D eigenvalue weighted by Crippen LogP contribution is 2.29. The van der Waals surface area contributed by atoms with E-state index in [1.54, 1.807) is 25.5 Å². The van der Waals surface area contributed by atoms with Gasteiger partial charge in [-0.25, -0.2) is 17.9 Å². The number of hydrogen-bond acceptors (Lipinski definition) is 7. The van der Waals surface area contributed by atoms with Gasteiger partial charge in [-0.15, -0.1) is 0 Å². The van der Waals surface area contributed by atoms with Crippen molar-refractivity contribution in [3.8, 4) is 11.3 Å². The number of sulfonamides is 1. The zero-order valence-corrected chi connectivity index (χ0v) is 19.2. The molecule has 0 atom stereocenters. The minimum absolute atomic E-state index is 0.0429. The fourth-order valence-corrected chi connectivity index (χ4v) is 5.82. The maximum Gasteiger partial charge on any atom is 0.328 e. The number of halogens is 1. The Balaban J connectivity index is 1.77. The first-order valence-corrected chi connectivity index (χ1v) is 11.7. The molecule has 0 unspecified atom stereocenters. The second kappa shape index (κ2) is 7.22. The highest BCUT2D eigenvalue weighted by Gasteiger charge is 2.28. The number of carbonyl (C=O) groups excluding carboxylic acids is 1. The zero-order chi connectivity index (χ0) is 21.8. The summed E-state index contributed by atoms with van der Waals surface area (Å²) in [6.45, 7) is 1.53. The van der Waals surface area contributed by atoms with E-state index in [2.05, 4.69) is 25.8 Å². The molecular formula is C18H15BrN4O5S2. The minimum Gasteiger partial charge on any atom is -0.360 e. The highest BCUT2D eigenvalue weighted by molar-refractivity contribution is 9.10. The van der Waals surface area contributed by atoms with Crippen molar-refractivity contribution in [2.45, 2.75) is 11.8 Å². The highest BCUT2D eigenvalue weighted by atomic mass is 79.9. The van der Waals surface area contributed by atoms with Gasteiger partial charge in [0.05, 0.1) is 11.0 Å². The lowest BCUT2D eigenvalue weighted by atomic mass is 10.1. The molecule has 0 radical (unpaired) electrons. The third kappa shape index (κ3) is 3.20. The number of aromatic nitrogens is 3. The lowest BCUT2D eigenvalue weighted by Gasteiger charge is -2.10. The van der Waals surface area contributed by atoms with Gasteiger partial charge >= 0.3 is 5.69 Å². The molecule has 1 amide bonds. The molecule has 0 spiro atoms. The van der Waals surface area contributed by atoms with Crippen LogP contribution in [0, 0.1) is 6.92 Å². The molecule has 1 N–H and O–H groups in total. The second-order valence-electron chi connectivity index (χ2n) is 6.58. The molecule has 0 aliphatic heterocycles. The molecule has 0 fully saturated rings. The Morgan fingerprint density at radius 3 is 2.53 bits per heavy atom. The van der Waals surface area contributed by atoms with Gasteiger partial charge < -0.3 is 4.52 Å². The number of rotatable bonds is 4. The Morgan fingerprint density at radius 1 is 1.23 bits per heavy atom. The predicted octanol–water partition coefficient (Wildman–Crippen LogP) is 2.78. The van der Waals surface area contributed by atoms with Gasteiger partial charge in [0.15, 0.2) is 0 Å². The van der Waals surface area contributed by atoms with Gasteiger partial charge in [-0.1, -0.05) is 5.16 Å². The molecule has 9 nitrogen and oxygen atoms in total. The molecule has 3 heterocycles. The standard InChI is InChI=1S/C18H15BrN4O5S2/c1-9-15(16(20-28-9)10-4-5-29-8-10)17(24)21-30(26,27)14-7-13-12(6-11(14)19)22(2)18(25)23(13)3/h4-8H,1-3H3,(H,21,24). The lowest BCUT2D eigenvalue weighted by Crippen LogP contribution is -2.31. The van der Waals surface area contributed by atoms with Crippen LogP contribution >= 0.6 is 27.3 Å². The number of aryl methyl sites for hydroxylation is 3. The number of imidazole rings is 1. The van der Waals surface area contributed by atoms with Gasteiger partial charge in [-0.2, -0.15) is 11.3 Å². The normalized spacial score (nSPS) is 11.9. The number of nitrogens with one attached hydrogen (secondary N) is 1. The quantitative estimate of drug-likeness (QED) is 0.451. The molecule has 0 bridgehead atoms. The number of benzene rings is 1. The molecular weight excluding hydrogens is 496 g/mol. The van der Waals surface area contributed by atoms with Crippen molar-refractivity contribution >= 4 is 54.2 Å². The van der Waals surface area contributed by atoms with Crippen molar-refractivity contribution in [3.63, 3.8) is 0 Å². The summed E-state index contributed by atoms with van der Waals surface area (Å²) in [5, 5.41) is 7.48. The van der Waals surface area contributed by atoms with E-state index in [-0.39, 0.29) is 32.1 Å². The van der Waals surface area contributed by atoms with E-state index in [4.69, 9.17) is 4.52 Å². The van der Waals surface area contributed by atoms with Crippen molar-refractivity contribution < 1.29 is 17.7 Å². The van der Waals surface area contributed by atoms with Crippen molar-refractivity contribution in [2.75, 3.05) is 0 Å². The molecule has 0 saturated carbocycles. The Hall–Kier alpha value is -2.70. The second-order valence-corrected chi connectivity index (χ2v) is 9.87. The van der Waals surface area contributed by atoms with Crippen molar-refractivity contribution in [3.05, 3.63) is 55.2 Å². The third-order valence-electron chi connectivity index (χ3n) is 4.73. The fraction of sp³-hybridized carbons (Fsp3) is 0.167. The summed E-state index contributed by atoms with van der Waals surface area (Å²) in [5.41, 5.74) is 1.63. The van der Waals surface area contributed by atoms with Crippen LogP contribution in [0.1, 0.15) is 16.1 Å². The lowest BCUT2D eigenvalue weighted by molar-refractivity contribution is 0.0980. The Kier molecular flexibility index (Phi) is 4.95. The van der Waals surface area contributed by atoms with E-state index in [1.807, 2.05) is 5.38 Å². The SMILES string of the molecule is Cc1onc(-c2ccsc2)c1C(=O)NS(=O)(=O)c1cc2c(cc1Br)n(C)c(=O)n2C.